The summed E-state index contributed by atoms with van der Waals surface area (Å²) in [5, 5.41) is 10.2. The van der Waals surface area contributed by atoms with Crippen molar-refractivity contribution < 1.29 is 16.8 Å². The van der Waals surface area contributed by atoms with Crippen molar-refractivity contribution in [2.24, 2.45) is 10.3 Å². The summed E-state index contributed by atoms with van der Waals surface area (Å²) >= 11 is 5.24. The molecule has 118 valence electrons. The Labute approximate surface area is 138 Å². The topological polar surface area (TPSA) is 120 Å². The van der Waals surface area contributed by atoms with Crippen molar-refractivity contribution in [1.82, 2.24) is 0 Å². The molecule has 0 saturated heterocycles. The summed E-state index contributed by atoms with van der Waals surface area (Å²) in [7, 11) is -7.68. The van der Waals surface area contributed by atoms with Crippen molar-refractivity contribution in [2.45, 2.75) is 24.5 Å². The number of hydrogen-bond acceptors (Lipinski definition) is 6. The number of rotatable bonds is 4. The lowest BCUT2D eigenvalue weighted by Crippen LogP contribution is -2.13. The predicted octanol–water partition coefficient (Wildman–Crippen LogP) is 1.42. The molecule has 0 aliphatic rings. The van der Waals surface area contributed by atoms with Gasteiger partial charge < -0.3 is 0 Å². The molecule has 0 unspecified atom stereocenters. The van der Waals surface area contributed by atoms with E-state index in [9.17, 15) is 16.8 Å². The van der Waals surface area contributed by atoms with Crippen LogP contribution >= 0.6 is 24.4 Å². The summed E-state index contributed by atoms with van der Waals surface area (Å²) < 4.78 is 45.6. The summed E-state index contributed by atoms with van der Waals surface area (Å²) in [4.78, 5) is 1.30. The standard InChI is InChI=1S/C12H12N2O4S4/c13-21(15,16)10-3-1-2-8(6-10)20-9-4-5-11(19)12(7-9)22(14,17)18/h1-7,19H,(H2,13,15,16)(H2,14,17,18). The first-order valence-corrected chi connectivity index (χ1v) is 10.1. The Hall–Kier alpha value is -1.04. The van der Waals surface area contributed by atoms with Gasteiger partial charge in [0.25, 0.3) is 0 Å². The van der Waals surface area contributed by atoms with Crippen molar-refractivity contribution in [3.63, 3.8) is 0 Å². The van der Waals surface area contributed by atoms with Crippen molar-refractivity contribution in [2.75, 3.05) is 0 Å². The summed E-state index contributed by atoms with van der Waals surface area (Å²) in [5.41, 5.74) is 0. The van der Waals surface area contributed by atoms with Gasteiger partial charge in [-0.05, 0) is 36.4 Å². The molecule has 0 bridgehead atoms. The number of thiol groups is 1. The molecule has 6 nitrogen and oxygen atoms in total. The van der Waals surface area contributed by atoms with E-state index < -0.39 is 20.0 Å². The predicted molar refractivity (Wildman–Crippen MR) is 87.0 cm³/mol. The fourth-order valence-electron chi connectivity index (χ4n) is 1.64. The normalized spacial score (nSPS) is 12.3. The second-order valence-corrected chi connectivity index (χ2v) is 9.02. The van der Waals surface area contributed by atoms with E-state index in [2.05, 4.69) is 12.6 Å². The van der Waals surface area contributed by atoms with Gasteiger partial charge in [0.2, 0.25) is 20.0 Å². The fourth-order valence-corrected chi connectivity index (χ4v) is 4.43. The molecule has 0 fully saturated rings. The summed E-state index contributed by atoms with van der Waals surface area (Å²) in [6.07, 6.45) is 0. The van der Waals surface area contributed by atoms with E-state index in [0.29, 0.717) is 9.79 Å². The Morgan fingerprint density at radius 1 is 0.864 bits per heavy atom. The van der Waals surface area contributed by atoms with E-state index in [0.717, 1.165) is 0 Å². The van der Waals surface area contributed by atoms with E-state index in [1.807, 2.05) is 0 Å². The molecule has 0 aliphatic heterocycles. The first-order valence-electron chi connectivity index (χ1n) is 5.74. The molecule has 10 heteroatoms. The van der Waals surface area contributed by atoms with Gasteiger partial charge in [-0.3, -0.25) is 0 Å². The summed E-state index contributed by atoms with van der Waals surface area (Å²) in [5.74, 6) is 0. The minimum atomic E-state index is -3.89. The number of primary sulfonamides is 2. The van der Waals surface area contributed by atoms with E-state index in [4.69, 9.17) is 10.3 Å². The van der Waals surface area contributed by atoms with E-state index in [-0.39, 0.29) is 14.7 Å². The van der Waals surface area contributed by atoms with Gasteiger partial charge in [0.15, 0.2) is 0 Å². The van der Waals surface area contributed by atoms with Gasteiger partial charge in [-0.25, -0.2) is 27.1 Å². The monoisotopic (exact) mass is 376 g/mol. The lowest BCUT2D eigenvalue weighted by atomic mass is 10.4. The van der Waals surface area contributed by atoms with Crippen LogP contribution in [0.2, 0.25) is 0 Å². The lowest BCUT2D eigenvalue weighted by molar-refractivity contribution is 0.594. The molecular weight excluding hydrogens is 364 g/mol. The Kier molecular flexibility index (Phi) is 4.90. The quantitative estimate of drug-likeness (QED) is 0.697. The minimum Gasteiger partial charge on any atom is -0.225 e. The number of sulfonamides is 2. The molecule has 0 spiro atoms. The average molecular weight is 377 g/mol. The van der Waals surface area contributed by atoms with Crippen LogP contribution in [0.1, 0.15) is 0 Å². The van der Waals surface area contributed by atoms with Crippen molar-refractivity contribution in [3.05, 3.63) is 42.5 Å². The maximum absolute atomic E-state index is 11.5. The van der Waals surface area contributed by atoms with Crippen molar-refractivity contribution >= 4 is 44.4 Å². The molecule has 0 heterocycles. The van der Waals surface area contributed by atoms with E-state index in [1.165, 1.54) is 36.0 Å². The highest BCUT2D eigenvalue weighted by Crippen LogP contribution is 2.32. The smallest absolute Gasteiger partial charge is 0.225 e. The third-order valence-corrected chi connectivity index (χ3v) is 5.99. The molecule has 2 rings (SSSR count). The molecule has 0 atom stereocenters. The molecule has 0 aromatic heterocycles. The van der Waals surface area contributed by atoms with Crippen LogP contribution < -0.4 is 10.3 Å². The number of nitrogens with two attached hydrogens (primary N) is 2. The Bertz CT molecular complexity index is 924. The zero-order chi connectivity index (χ0) is 16.5. The van der Waals surface area contributed by atoms with Gasteiger partial charge in [-0.1, -0.05) is 17.8 Å². The van der Waals surface area contributed by atoms with Crippen LogP contribution in [0.25, 0.3) is 0 Å². The maximum Gasteiger partial charge on any atom is 0.239 e. The zero-order valence-electron chi connectivity index (χ0n) is 11.0. The third-order valence-electron chi connectivity index (χ3n) is 2.61. The van der Waals surface area contributed by atoms with Gasteiger partial charge in [-0.15, -0.1) is 12.6 Å². The van der Waals surface area contributed by atoms with Crippen molar-refractivity contribution in [3.8, 4) is 0 Å². The molecule has 0 radical (unpaired) electrons. The molecule has 2 aromatic rings. The Balaban J connectivity index is 2.40. The van der Waals surface area contributed by atoms with E-state index in [1.54, 1.807) is 18.2 Å². The fraction of sp³-hybridized carbons (Fsp3) is 0. The molecule has 4 N–H and O–H groups in total. The first kappa shape index (κ1) is 17.3. The van der Waals surface area contributed by atoms with Crippen LogP contribution in [0, 0.1) is 0 Å². The van der Waals surface area contributed by atoms with Gasteiger partial charge in [0, 0.05) is 14.7 Å². The molecule has 22 heavy (non-hydrogen) atoms. The Morgan fingerprint density at radius 3 is 2.09 bits per heavy atom. The third kappa shape index (κ3) is 4.24. The summed E-state index contributed by atoms with van der Waals surface area (Å²) in [6.45, 7) is 0. The number of benzene rings is 2. The summed E-state index contributed by atoms with van der Waals surface area (Å²) in [6, 6.07) is 10.6. The average Bonchev–Trinajstić information content (AvgIpc) is 2.39. The van der Waals surface area contributed by atoms with Crippen LogP contribution in [0.3, 0.4) is 0 Å². The first-order chi connectivity index (χ1) is 10.1. The highest BCUT2D eigenvalue weighted by Gasteiger charge is 2.14. The van der Waals surface area contributed by atoms with Crippen LogP contribution in [-0.4, -0.2) is 16.8 Å². The van der Waals surface area contributed by atoms with Gasteiger partial charge in [0.05, 0.1) is 9.79 Å². The largest absolute Gasteiger partial charge is 0.239 e. The van der Waals surface area contributed by atoms with E-state index >= 15 is 0 Å². The molecule has 0 aliphatic carbocycles. The van der Waals surface area contributed by atoms with Crippen LogP contribution in [0.5, 0.6) is 0 Å². The SMILES string of the molecule is NS(=O)(=O)c1cccc(Sc2ccc(S)c(S(N)(=O)=O)c2)c1. The second-order valence-electron chi connectivity index (χ2n) is 4.30. The van der Waals surface area contributed by atoms with Gasteiger partial charge in [0.1, 0.15) is 0 Å². The molecule has 0 amide bonds. The van der Waals surface area contributed by atoms with Crippen molar-refractivity contribution in [1.29, 1.82) is 0 Å². The highest BCUT2D eigenvalue weighted by atomic mass is 32.2. The Morgan fingerprint density at radius 2 is 1.50 bits per heavy atom. The van der Waals surface area contributed by atoms with Gasteiger partial charge >= 0.3 is 0 Å². The molecule has 2 aromatic carbocycles. The van der Waals surface area contributed by atoms with Crippen LogP contribution in [0.15, 0.2) is 66.9 Å². The van der Waals surface area contributed by atoms with Crippen LogP contribution in [-0.2, 0) is 20.0 Å². The minimum absolute atomic E-state index is 0.0185. The second kappa shape index (κ2) is 6.22. The molecular formula is C12H12N2O4S4. The van der Waals surface area contributed by atoms with Crippen LogP contribution in [0.4, 0.5) is 0 Å². The molecule has 0 saturated carbocycles. The highest BCUT2D eigenvalue weighted by molar-refractivity contribution is 7.99. The zero-order valence-corrected chi connectivity index (χ0v) is 14.3. The maximum atomic E-state index is 11.5. The lowest BCUT2D eigenvalue weighted by Gasteiger charge is -2.07. The van der Waals surface area contributed by atoms with Gasteiger partial charge in [-0.2, -0.15) is 0 Å². The number of hydrogen-bond donors (Lipinski definition) is 3.